The predicted molar refractivity (Wildman–Crippen MR) is 165 cm³/mol. The van der Waals surface area contributed by atoms with Gasteiger partial charge >= 0.3 is 0 Å². The summed E-state index contributed by atoms with van der Waals surface area (Å²) < 4.78 is 120. The SMILES string of the molecule is [2H]c1c([2H])c([2H])c(-c2c3c([2H])c([2H])c([2H])c([2H])c3c(-c3ccc4c(c3)oc3cc(-c5ccccc5)ccc34)c3c([2H])c([2H])c([2H])c([2H])c23)c([2H])c1[2H]. The quantitative estimate of drug-likeness (QED) is 0.216. The molecule has 0 saturated carbocycles. The van der Waals surface area contributed by atoms with Crippen LogP contribution in [0, 0.1) is 0 Å². The smallest absolute Gasteiger partial charge is 0.136 e. The summed E-state index contributed by atoms with van der Waals surface area (Å²) in [6.45, 7) is 0. The summed E-state index contributed by atoms with van der Waals surface area (Å²) in [5, 5.41) is 0.755. The van der Waals surface area contributed by atoms with E-state index in [-0.39, 0.29) is 32.7 Å². The van der Waals surface area contributed by atoms with Crippen molar-refractivity contribution >= 4 is 43.5 Å². The molecule has 1 heterocycles. The van der Waals surface area contributed by atoms with Crippen LogP contribution in [0.25, 0.3) is 76.9 Å². The molecule has 39 heavy (non-hydrogen) atoms. The summed E-state index contributed by atoms with van der Waals surface area (Å²) in [6.07, 6.45) is 0. The van der Waals surface area contributed by atoms with Crippen molar-refractivity contribution in [3.63, 3.8) is 0 Å². The molecule has 0 N–H and O–H groups in total. The minimum Gasteiger partial charge on any atom is -0.456 e. The van der Waals surface area contributed by atoms with Crippen molar-refractivity contribution in [3.05, 3.63) is 145 Å². The lowest BCUT2D eigenvalue weighted by atomic mass is 9.86. The second-order valence-corrected chi connectivity index (χ2v) is 9.14. The van der Waals surface area contributed by atoms with E-state index < -0.39 is 84.1 Å². The summed E-state index contributed by atoms with van der Waals surface area (Å²) in [5.74, 6) is 0. The Hall–Kier alpha value is -5.14. The molecule has 0 spiro atoms. The second-order valence-electron chi connectivity index (χ2n) is 9.14. The molecule has 1 aromatic heterocycles. The zero-order chi connectivity index (χ0) is 37.1. The van der Waals surface area contributed by atoms with Crippen molar-refractivity contribution < 1.29 is 22.2 Å². The Labute approximate surface area is 244 Å². The van der Waals surface area contributed by atoms with Gasteiger partial charge in [0.15, 0.2) is 0 Å². The van der Waals surface area contributed by atoms with Crippen LogP contribution in [0.3, 0.4) is 0 Å². The van der Waals surface area contributed by atoms with Crippen molar-refractivity contribution in [2.75, 3.05) is 0 Å². The molecule has 0 fully saturated rings. The van der Waals surface area contributed by atoms with E-state index in [9.17, 15) is 0 Å². The van der Waals surface area contributed by atoms with Gasteiger partial charge in [-0.15, -0.1) is 0 Å². The van der Waals surface area contributed by atoms with Crippen LogP contribution in [0.15, 0.2) is 150 Å². The lowest BCUT2D eigenvalue weighted by molar-refractivity contribution is 0.669. The standard InChI is InChI=1S/C38H24O/c1-3-11-25(12-4-1)27-19-21-29-30-22-20-28(24-36(30)39-35(29)23-27)38-33-17-9-7-15-31(33)37(26-13-5-2-6-14-26)32-16-8-10-18-34(32)38/h1-24H/i2D,5D,6D,7D,8D,9D,10D,13D,14D,15D,16D,17D,18D. The fourth-order valence-electron chi connectivity index (χ4n) is 5.28. The van der Waals surface area contributed by atoms with E-state index in [1.165, 1.54) is 0 Å². The first-order chi connectivity index (χ1) is 24.7. The van der Waals surface area contributed by atoms with Gasteiger partial charge in [0.05, 0.1) is 17.8 Å². The van der Waals surface area contributed by atoms with Crippen LogP contribution >= 0.6 is 0 Å². The Morgan fingerprint density at radius 3 is 1.46 bits per heavy atom. The fraction of sp³-hybridized carbons (Fsp3) is 0. The Morgan fingerprint density at radius 1 is 0.385 bits per heavy atom. The zero-order valence-corrected chi connectivity index (χ0v) is 20.3. The highest BCUT2D eigenvalue weighted by Crippen LogP contribution is 2.44. The lowest BCUT2D eigenvalue weighted by Gasteiger charge is -2.17. The molecule has 182 valence electrons. The van der Waals surface area contributed by atoms with E-state index in [1.807, 2.05) is 48.5 Å². The summed E-state index contributed by atoms with van der Waals surface area (Å²) in [6, 6.07) is 12.3. The van der Waals surface area contributed by atoms with E-state index in [1.54, 1.807) is 18.2 Å². The summed E-state index contributed by atoms with van der Waals surface area (Å²) in [4.78, 5) is 0. The molecule has 0 atom stereocenters. The normalized spacial score (nSPS) is 16.3. The summed E-state index contributed by atoms with van der Waals surface area (Å²) >= 11 is 0. The highest BCUT2D eigenvalue weighted by molar-refractivity contribution is 6.22. The molecule has 7 aromatic carbocycles. The first-order valence-corrected chi connectivity index (χ1v) is 12.3. The maximum Gasteiger partial charge on any atom is 0.136 e. The van der Waals surface area contributed by atoms with Crippen LogP contribution < -0.4 is 0 Å². The van der Waals surface area contributed by atoms with Gasteiger partial charge in [-0.3, -0.25) is 0 Å². The lowest BCUT2D eigenvalue weighted by Crippen LogP contribution is -1.90. The van der Waals surface area contributed by atoms with Gasteiger partial charge in [-0.1, -0.05) is 121 Å². The fourth-order valence-corrected chi connectivity index (χ4v) is 5.28. The topological polar surface area (TPSA) is 13.1 Å². The van der Waals surface area contributed by atoms with Gasteiger partial charge in [-0.2, -0.15) is 0 Å². The predicted octanol–water partition coefficient (Wildman–Crippen LogP) is 10.9. The molecule has 8 rings (SSSR count). The largest absolute Gasteiger partial charge is 0.456 e. The molecule has 0 aliphatic carbocycles. The Balaban J connectivity index is 1.58. The van der Waals surface area contributed by atoms with Crippen molar-refractivity contribution in [1.82, 2.24) is 0 Å². The highest BCUT2D eigenvalue weighted by atomic mass is 16.3. The van der Waals surface area contributed by atoms with Gasteiger partial charge in [0.25, 0.3) is 0 Å². The molecule has 0 bridgehead atoms. The maximum atomic E-state index is 9.15. The van der Waals surface area contributed by atoms with Gasteiger partial charge in [0.1, 0.15) is 11.2 Å². The molecule has 0 saturated heterocycles. The molecule has 0 radical (unpaired) electrons. The molecular weight excluding hydrogens is 472 g/mol. The van der Waals surface area contributed by atoms with Crippen LogP contribution in [0.4, 0.5) is 0 Å². The molecule has 0 aliphatic rings. The maximum absolute atomic E-state index is 9.15. The zero-order valence-electron chi connectivity index (χ0n) is 33.3. The molecule has 0 aliphatic heterocycles. The average molecular weight is 510 g/mol. The minimum absolute atomic E-state index is 0.0486. The van der Waals surface area contributed by atoms with Crippen molar-refractivity contribution in [2.45, 2.75) is 0 Å². The van der Waals surface area contributed by atoms with E-state index >= 15 is 0 Å². The number of hydrogen-bond acceptors (Lipinski definition) is 1. The van der Waals surface area contributed by atoms with Gasteiger partial charge < -0.3 is 4.42 Å². The third-order valence-corrected chi connectivity index (χ3v) is 6.99. The second kappa shape index (κ2) is 8.72. The highest BCUT2D eigenvalue weighted by Gasteiger charge is 2.17. The van der Waals surface area contributed by atoms with Gasteiger partial charge in [0, 0.05) is 10.8 Å². The third-order valence-electron chi connectivity index (χ3n) is 6.99. The van der Waals surface area contributed by atoms with Crippen LogP contribution in [-0.4, -0.2) is 0 Å². The Morgan fingerprint density at radius 2 is 0.872 bits per heavy atom. The number of fused-ring (bicyclic) bond motifs is 5. The monoisotopic (exact) mass is 509 g/mol. The molecule has 1 heteroatoms. The third kappa shape index (κ3) is 3.48. The van der Waals surface area contributed by atoms with E-state index in [0.717, 1.165) is 21.9 Å². The molecule has 0 unspecified atom stereocenters. The summed E-state index contributed by atoms with van der Waals surface area (Å²) in [5.41, 5.74) is 2.51. The number of furan rings is 1. The molecular formula is C38H24O. The van der Waals surface area contributed by atoms with Crippen LogP contribution in [0.1, 0.15) is 17.8 Å². The van der Waals surface area contributed by atoms with E-state index in [0.29, 0.717) is 16.7 Å². The molecule has 0 amide bonds. The summed E-state index contributed by atoms with van der Waals surface area (Å²) in [7, 11) is 0. The number of benzene rings is 7. The van der Waals surface area contributed by atoms with Gasteiger partial charge in [-0.05, 0) is 79.2 Å². The first kappa shape index (κ1) is 12.6. The van der Waals surface area contributed by atoms with Crippen molar-refractivity contribution in [3.8, 4) is 33.4 Å². The van der Waals surface area contributed by atoms with Crippen molar-refractivity contribution in [1.29, 1.82) is 0 Å². The van der Waals surface area contributed by atoms with Gasteiger partial charge in [0.2, 0.25) is 0 Å². The van der Waals surface area contributed by atoms with Crippen molar-refractivity contribution in [2.24, 2.45) is 0 Å². The van der Waals surface area contributed by atoms with Crippen LogP contribution in [0.5, 0.6) is 0 Å². The number of rotatable bonds is 3. The Bertz CT molecular complexity index is 2770. The number of hydrogen-bond donors (Lipinski definition) is 0. The average Bonchev–Trinajstić information content (AvgIpc) is 3.52. The van der Waals surface area contributed by atoms with E-state index in [4.69, 9.17) is 22.2 Å². The van der Waals surface area contributed by atoms with Gasteiger partial charge in [-0.25, -0.2) is 0 Å². The first-order valence-electron chi connectivity index (χ1n) is 18.8. The van der Waals surface area contributed by atoms with Crippen LogP contribution in [0.2, 0.25) is 0 Å². The minimum atomic E-state index is -0.714. The van der Waals surface area contributed by atoms with E-state index in [2.05, 4.69) is 0 Å². The molecule has 1 nitrogen and oxygen atoms in total. The Kier molecular flexibility index (Phi) is 2.82. The van der Waals surface area contributed by atoms with Crippen LogP contribution in [-0.2, 0) is 0 Å². The molecule has 8 aromatic rings.